The van der Waals surface area contributed by atoms with Gasteiger partial charge in [0.05, 0.1) is 23.3 Å². The molecular formula is C15H14O4S2. The summed E-state index contributed by atoms with van der Waals surface area (Å²) in [5.41, 5.74) is 0.115. The van der Waals surface area contributed by atoms with Crippen molar-refractivity contribution in [2.75, 3.05) is 12.9 Å². The Hall–Kier alpha value is -1.92. The van der Waals surface area contributed by atoms with E-state index in [1.54, 1.807) is 24.3 Å². The molecule has 0 fully saturated rings. The van der Waals surface area contributed by atoms with Crippen molar-refractivity contribution in [3.05, 3.63) is 58.3 Å². The summed E-state index contributed by atoms with van der Waals surface area (Å²) in [7, 11) is -2.35. The van der Waals surface area contributed by atoms with Gasteiger partial charge in [0.25, 0.3) is 0 Å². The summed E-state index contributed by atoms with van der Waals surface area (Å²) < 4.78 is 29.4. The van der Waals surface area contributed by atoms with Gasteiger partial charge in [-0.15, -0.1) is 11.3 Å². The van der Waals surface area contributed by atoms with Crippen molar-refractivity contribution < 1.29 is 17.9 Å². The van der Waals surface area contributed by atoms with E-state index in [9.17, 15) is 13.2 Å². The van der Waals surface area contributed by atoms with E-state index in [1.807, 2.05) is 17.5 Å². The Labute approximate surface area is 127 Å². The van der Waals surface area contributed by atoms with E-state index in [4.69, 9.17) is 0 Å². The van der Waals surface area contributed by atoms with Crippen molar-refractivity contribution in [1.29, 1.82) is 0 Å². The quantitative estimate of drug-likeness (QED) is 0.627. The Kier molecular flexibility index (Phi) is 4.93. The Bertz CT molecular complexity index is 729. The molecule has 1 aromatic carbocycles. The maximum absolute atomic E-state index is 12.3. The molecule has 0 saturated carbocycles. The van der Waals surface area contributed by atoms with Gasteiger partial charge in [-0.25, -0.2) is 13.2 Å². The van der Waals surface area contributed by atoms with Crippen LogP contribution < -0.4 is 0 Å². The molecule has 0 aliphatic rings. The summed E-state index contributed by atoms with van der Waals surface area (Å²) in [5.74, 6) is -1.02. The zero-order valence-electron chi connectivity index (χ0n) is 11.4. The van der Waals surface area contributed by atoms with Crippen molar-refractivity contribution in [1.82, 2.24) is 0 Å². The number of methoxy groups -OCH3 is 1. The Morgan fingerprint density at radius 2 is 1.90 bits per heavy atom. The fourth-order valence-electron chi connectivity index (χ4n) is 1.75. The topological polar surface area (TPSA) is 60.4 Å². The van der Waals surface area contributed by atoms with E-state index in [1.165, 1.54) is 30.6 Å². The number of sulfone groups is 1. The van der Waals surface area contributed by atoms with Gasteiger partial charge in [-0.3, -0.25) is 0 Å². The number of hydrogen-bond acceptors (Lipinski definition) is 5. The summed E-state index contributed by atoms with van der Waals surface area (Å²) in [6.45, 7) is 0. The summed E-state index contributed by atoms with van der Waals surface area (Å²) in [4.78, 5) is 12.8. The number of benzene rings is 1. The summed E-state index contributed by atoms with van der Waals surface area (Å²) in [5, 5.41) is 1.85. The van der Waals surface area contributed by atoms with Crippen molar-refractivity contribution in [2.24, 2.45) is 0 Å². The van der Waals surface area contributed by atoms with Gasteiger partial charge in [0, 0.05) is 4.88 Å². The number of thiophene rings is 1. The van der Waals surface area contributed by atoms with Crippen LogP contribution in [-0.2, 0) is 19.4 Å². The van der Waals surface area contributed by atoms with E-state index in [2.05, 4.69) is 4.74 Å². The zero-order valence-corrected chi connectivity index (χ0v) is 13.0. The molecule has 21 heavy (non-hydrogen) atoms. The lowest BCUT2D eigenvalue weighted by Crippen LogP contribution is -2.16. The third-order valence-corrected chi connectivity index (χ3v) is 5.26. The standard InChI is InChI=1S/C15H14O4S2/c1-19-15(16)12(10-13-6-5-9-20-13)11-21(17,18)14-7-3-2-4-8-14/h2-10H,11H2,1H3/b12-10-. The first-order valence-corrected chi connectivity index (χ1v) is 8.66. The summed E-state index contributed by atoms with van der Waals surface area (Å²) >= 11 is 1.42. The molecule has 0 amide bonds. The van der Waals surface area contributed by atoms with Crippen molar-refractivity contribution in [3.63, 3.8) is 0 Å². The molecule has 0 unspecified atom stereocenters. The fourth-order valence-corrected chi connectivity index (χ4v) is 3.78. The van der Waals surface area contributed by atoms with Gasteiger partial charge in [0.1, 0.15) is 0 Å². The van der Waals surface area contributed by atoms with Crippen LogP contribution in [0.1, 0.15) is 4.88 Å². The largest absolute Gasteiger partial charge is 0.466 e. The lowest BCUT2D eigenvalue weighted by Gasteiger charge is -2.07. The summed E-state index contributed by atoms with van der Waals surface area (Å²) in [6.07, 6.45) is 1.55. The highest BCUT2D eigenvalue weighted by molar-refractivity contribution is 7.91. The molecule has 1 heterocycles. The average Bonchev–Trinajstić information content (AvgIpc) is 2.99. The van der Waals surface area contributed by atoms with Crippen LogP contribution in [0.5, 0.6) is 0 Å². The summed E-state index contributed by atoms with van der Waals surface area (Å²) in [6, 6.07) is 11.7. The highest BCUT2D eigenvalue weighted by Crippen LogP contribution is 2.19. The molecular weight excluding hydrogens is 308 g/mol. The molecule has 4 nitrogen and oxygen atoms in total. The average molecular weight is 322 g/mol. The maximum Gasteiger partial charge on any atom is 0.334 e. The van der Waals surface area contributed by atoms with Crippen LogP contribution >= 0.6 is 11.3 Å². The Balaban J connectivity index is 2.34. The van der Waals surface area contributed by atoms with Crippen LogP contribution in [0.2, 0.25) is 0 Å². The lowest BCUT2D eigenvalue weighted by molar-refractivity contribution is -0.135. The normalized spacial score (nSPS) is 12.1. The van der Waals surface area contributed by atoms with E-state index >= 15 is 0 Å². The molecule has 0 bridgehead atoms. The second kappa shape index (κ2) is 6.69. The number of carbonyl (C=O) groups is 1. The third kappa shape index (κ3) is 4.03. The molecule has 2 aromatic rings. The molecule has 0 spiro atoms. The molecule has 1 aromatic heterocycles. The maximum atomic E-state index is 12.3. The number of ether oxygens (including phenoxy) is 1. The minimum absolute atomic E-state index is 0.115. The first-order valence-electron chi connectivity index (χ1n) is 6.13. The highest BCUT2D eigenvalue weighted by Gasteiger charge is 2.21. The van der Waals surface area contributed by atoms with E-state index in [0.717, 1.165) is 4.88 Å². The number of hydrogen-bond donors (Lipinski definition) is 0. The molecule has 2 rings (SSSR count). The molecule has 0 atom stereocenters. The van der Waals surface area contributed by atoms with Gasteiger partial charge in [-0.2, -0.15) is 0 Å². The second-order valence-electron chi connectivity index (χ2n) is 4.25. The van der Waals surface area contributed by atoms with Crippen molar-refractivity contribution in [3.8, 4) is 0 Å². The number of carbonyl (C=O) groups excluding carboxylic acids is 1. The predicted octanol–water partition coefficient (Wildman–Crippen LogP) is 2.78. The number of esters is 1. The van der Waals surface area contributed by atoms with Crippen molar-refractivity contribution >= 4 is 33.2 Å². The minimum atomic E-state index is -3.58. The van der Waals surface area contributed by atoms with Crippen LogP contribution in [0.3, 0.4) is 0 Å². The van der Waals surface area contributed by atoms with Gasteiger partial charge in [0.15, 0.2) is 9.84 Å². The Morgan fingerprint density at radius 1 is 1.19 bits per heavy atom. The molecule has 0 N–H and O–H groups in total. The van der Waals surface area contributed by atoms with Gasteiger partial charge < -0.3 is 4.74 Å². The van der Waals surface area contributed by atoms with Gasteiger partial charge in [-0.1, -0.05) is 24.3 Å². The lowest BCUT2D eigenvalue weighted by atomic mass is 10.2. The SMILES string of the molecule is COC(=O)/C(=C\c1cccs1)CS(=O)(=O)c1ccccc1. The first kappa shape index (κ1) is 15.5. The smallest absolute Gasteiger partial charge is 0.334 e. The van der Waals surface area contributed by atoms with Gasteiger partial charge in [-0.05, 0) is 29.7 Å². The molecule has 0 saturated heterocycles. The third-order valence-electron chi connectivity index (χ3n) is 2.76. The molecule has 110 valence electrons. The van der Waals surface area contributed by atoms with Crippen LogP contribution in [0.4, 0.5) is 0 Å². The van der Waals surface area contributed by atoms with Crippen LogP contribution in [0.25, 0.3) is 6.08 Å². The predicted molar refractivity (Wildman–Crippen MR) is 82.8 cm³/mol. The molecule has 0 aliphatic carbocycles. The van der Waals surface area contributed by atoms with Crippen LogP contribution in [0, 0.1) is 0 Å². The van der Waals surface area contributed by atoms with Crippen molar-refractivity contribution in [2.45, 2.75) is 4.90 Å². The van der Waals surface area contributed by atoms with Crippen LogP contribution in [-0.4, -0.2) is 27.2 Å². The molecule has 0 radical (unpaired) electrons. The van der Waals surface area contributed by atoms with E-state index in [-0.39, 0.29) is 16.2 Å². The zero-order chi connectivity index (χ0) is 15.3. The van der Waals surface area contributed by atoms with E-state index < -0.39 is 15.8 Å². The monoisotopic (exact) mass is 322 g/mol. The van der Waals surface area contributed by atoms with E-state index in [0.29, 0.717) is 0 Å². The highest BCUT2D eigenvalue weighted by atomic mass is 32.2. The van der Waals surface area contributed by atoms with Gasteiger partial charge >= 0.3 is 5.97 Å². The molecule has 6 heteroatoms. The fraction of sp³-hybridized carbons (Fsp3) is 0.133. The number of rotatable bonds is 5. The van der Waals surface area contributed by atoms with Crippen LogP contribution in [0.15, 0.2) is 58.3 Å². The minimum Gasteiger partial charge on any atom is -0.466 e. The second-order valence-corrected chi connectivity index (χ2v) is 7.22. The molecule has 0 aliphatic heterocycles. The van der Waals surface area contributed by atoms with Gasteiger partial charge in [0.2, 0.25) is 0 Å². The first-order chi connectivity index (χ1) is 10.0. The Morgan fingerprint density at radius 3 is 2.48 bits per heavy atom.